The number of hydrogen-bond donors (Lipinski definition) is 2. The van der Waals surface area contributed by atoms with Gasteiger partial charge in [-0.15, -0.1) is 0 Å². The third-order valence-electron chi connectivity index (χ3n) is 5.65. The molecule has 2 atom stereocenters. The van der Waals surface area contributed by atoms with Crippen LogP contribution < -0.4 is 9.47 Å². The maximum absolute atomic E-state index is 13.5. The fourth-order valence-corrected chi connectivity index (χ4v) is 8.77. The van der Waals surface area contributed by atoms with E-state index in [9.17, 15) is 19.1 Å². The van der Waals surface area contributed by atoms with Crippen LogP contribution in [0.3, 0.4) is 0 Å². The van der Waals surface area contributed by atoms with Gasteiger partial charge in [-0.3, -0.25) is 0 Å². The van der Waals surface area contributed by atoms with Gasteiger partial charge in [-0.1, -0.05) is 0 Å². The fourth-order valence-electron chi connectivity index (χ4n) is 3.57. The van der Waals surface area contributed by atoms with Crippen molar-refractivity contribution in [1.82, 2.24) is 0 Å². The van der Waals surface area contributed by atoms with Gasteiger partial charge in [0.15, 0.2) is 0 Å². The number of hydrogen-bond acceptors (Lipinski definition) is 4. The summed E-state index contributed by atoms with van der Waals surface area (Å²) in [7, 11) is -0.932. The number of rotatable bonds is 13. The number of carbonyl (C=O) groups is 1. The van der Waals surface area contributed by atoms with Gasteiger partial charge in [0.25, 0.3) is 0 Å². The van der Waals surface area contributed by atoms with Gasteiger partial charge in [0.2, 0.25) is 0 Å². The summed E-state index contributed by atoms with van der Waals surface area (Å²) in [6, 6.07) is 13.8. The van der Waals surface area contributed by atoms with Crippen LogP contribution in [0.4, 0.5) is 0 Å². The number of aryl methyl sites for hydroxylation is 1. The third-order valence-corrected chi connectivity index (χ3v) is 12.4. The molecule has 32 heavy (non-hydrogen) atoms. The van der Waals surface area contributed by atoms with Crippen molar-refractivity contribution in [2.75, 3.05) is 14.2 Å². The molecule has 8 heteroatoms. The van der Waals surface area contributed by atoms with E-state index >= 15 is 0 Å². The van der Waals surface area contributed by atoms with E-state index in [-0.39, 0.29) is 4.57 Å². The Bertz CT molecular complexity index is 902. The van der Waals surface area contributed by atoms with Crippen LogP contribution in [0, 0.1) is 6.92 Å². The van der Waals surface area contributed by atoms with Crippen LogP contribution >= 0.6 is 7.60 Å². The van der Waals surface area contributed by atoms with Crippen molar-refractivity contribution in [3.05, 3.63) is 59.2 Å². The van der Waals surface area contributed by atoms with Crippen LogP contribution in [0.1, 0.15) is 47.7 Å². The molecule has 0 radical (unpaired) electrons. The van der Waals surface area contributed by atoms with Crippen molar-refractivity contribution < 1.29 is 28.6 Å². The Kier molecular flexibility index (Phi) is 10.5. The van der Waals surface area contributed by atoms with Gasteiger partial charge < -0.3 is 0 Å². The van der Waals surface area contributed by atoms with Gasteiger partial charge in [0.05, 0.1) is 0 Å². The van der Waals surface area contributed by atoms with Crippen LogP contribution in [0.15, 0.2) is 42.5 Å². The van der Waals surface area contributed by atoms with Crippen LogP contribution in [-0.4, -0.2) is 48.9 Å². The first kappa shape index (κ1) is 26.7. The van der Waals surface area contributed by atoms with E-state index < -0.39 is 27.9 Å². The SMILES string of the molecule is COc1cc(C(=O)[As](CCCc2ccccc2)CCCC(C)P(=O)(O)O)cc(OC)c1C. The van der Waals surface area contributed by atoms with Gasteiger partial charge in [-0.25, -0.2) is 0 Å². The molecule has 6 nitrogen and oxygen atoms in total. The molecule has 0 aliphatic rings. The first-order valence-electron chi connectivity index (χ1n) is 10.8. The van der Waals surface area contributed by atoms with Crippen LogP contribution in [-0.2, 0) is 11.0 Å². The molecule has 0 bridgehead atoms. The fraction of sp³-hybridized carbons (Fsp3) is 0.458. The molecule has 2 aromatic rings. The Hall–Kier alpha value is -1.58. The third kappa shape index (κ3) is 7.78. The molecule has 0 fully saturated rings. The molecular weight excluding hydrogens is 490 g/mol. The molecule has 0 saturated heterocycles. The summed E-state index contributed by atoms with van der Waals surface area (Å²) in [6.07, 6.45) is 2.90. The predicted octanol–water partition coefficient (Wildman–Crippen LogP) is 5.21. The van der Waals surface area contributed by atoms with E-state index in [1.54, 1.807) is 33.3 Å². The molecule has 0 aromatic heterocycles. The molecule has 0 spiro atoms. The van der Waals surface area contributed by atoms with Crippen molar-refractivity contribution in [1.29, 1.82) is 0 Å². The van der Waals surface area contributed by atoms with Crippen molar-refractivity contribution in [3.8, 4) is 11.5 Å². The molecule has 176 valence electrons. The van der Waals surface area contributed by atoms with Gasteiger partial charge in [-0.05, 0) is 0 Å². The number of methoxy groups -OCH3 is 2. The van der Waals surface area contributed by atoms with E-state index in [1.165, 1.54) is 5.56 Å². The van der Waals surface area contributed by atoms with Crippen molar-refractivity contribution in [2.45, 2.75) is 55.6 Å². The predicted molar refractivity (Wildman–Crippen MR) is 129 cm³/mol. The zero-order valence-electron chi connectivity index (χ0n) is 19.3. The molecule has 0 saturated carbocycles. The minimum atomic E-state index is -4.09. The van der Waals surface area contributed by atoms with Crippen LogP contribution in [0.5, 0.6) is 11.5 Å². The summed E-state index contributed by atoms with van der Waals surface area (Å²) in [5, 5.41) is 1.58. The second kappa shape index (κ2) is 12.6. The first-order chi connectivity index (χ1) is 15.2. The molecule has 0 heterocycles. The van der Waals surface area contributed by atoms with E-state index in [0.717, 1.165) is 28.8 Å². The molecular formula is C24H34AsO6P. The van der Waals surface area contributed by atoms with Crippen LogP contribution in [0.2, 0.25) is 10.4 Å². The molecule has 2 unspecified atom stereocenters. The summed E-state index contributed by atoms with van der Waals surface area (Å²) in [5.41, 5.74) is 2.03. The Morgan fingerprint density at radius 2 is 1.59 bits per heavy atom. The average Bonchev–Trinajstić information content (AvgIpc) is 2.77. The molecule has 2 N–H and O–H groups in total. The zero-order chi connectivity index (χ0) is 23.7. The minimum absolute atomic E-state index is 0.158. The number of carbonyl (C=O) groups excluding carboxylic acids is 1. The Balaban J connectivity index is 2.16. The average molecular weight is 524 g/mol. The Labute approximate surface area is 195 Å². The summed E-state index contributed by atoms with van der Waals surface area (Å²) < 4.78 is 22.5. The zero-order valence-corrected chi connectivity index (χ0v) is 22.1. The maximum atomic E-state index is 13.5. The summed E-state index contributed by atoms with van der Waals surface area (Å²) in [5.74, 6) is 1.25. The van der Waals surface area contributed by atoms with Crippen molar-refractivity contribution in [2.24, 2.45) is 0 Å². The second-order valence-electron chi connectivity index (χ2n) is 7.97. The topological polar surface area (TPSA) is 93.1 Å². The number of ether oxygens (including phenoxy) is 2. The normalized spacial score (nSPS) is 13.4. The molecule has 2 rings (SSSR count). The van der Waals surface area contributed by atoms with Gasteiger partial charge in [0.1, 0.15) is 0 Å². The standard InChI is InChI=1S/C24H34AsO6P/c1-18(32(27,28)29)10-8-14-25(15-9-13-20-11-6-5-7-12-20)24(26)21-16-22(30-3)19(2)23(17-21)31-4/h5-7,11-12,16-18H,8-10,13-15H2,1-4H3,(H2,27,28,29). The number of benzene rings is 2. The van der Waals surface area contributed by atoms with E-state index in [2.05, 4.69) is 12.1 Å². The van der Waals surface area contributed by atoms with E-state index in [4.69, 9.17) is 9.47 Å². The second-order valence-corrected chi connectivity index (χ2v) is 15.0. The summed E-state index contributed by atoms with van der Waals surface area (Å²) >= 11 is -1.97. The molecule has 2 aromatic carbocycles. The van der Waals surface area contributed by atoms with Crippen molar-refractivity contribution >= 4 is 26.8 Å². The molecule has 0 aliphatic heterocycles. The summed E-state index contributed by atoms with van der Waals surface area (Å²) in [6.45, 7) is 3.47. The van der Waals surface area contributed by atoms with Gasteiger partial charge >= 0.3 is 196 Å². The Morgan fingerprint density at radius 3 is 2.12 bits per heavy atom. The van der Waals surface area contributed by atoms with E-state index in [0.29, 0.717) is 29.9 Å². The molecule has 0 amide bonds. The van der Waals surface area contributed by atoms with Gasteiger partial charge in [0, 0.05) is 0 Å². The quantitative estimate of drug-likeness (QED) is 0.276. The monoisotopic (exact) mass is 524 g/mol. The van der Waals surface area contributed by atoms with Gasteiger partial charge in [-0.2, -0.15) is 0 Å². The Morgan fingerprint density at radius 1 is 1.03 bits per heavy atom. The molecule has 0 aliphatic carbocycles. The first-order valence-corrected chi connectivity index (χ1v) is 16.1. The van der Waals surface area contributed by atoms with Crippen LogP contribution in [0.25, 0.3) is 0 Å². The summed E-state index contributed by atoms with van der Waals surface area (Å²) in [4.78, 5) is 32.3. The van der Waals surface area contributed by atoms with E-state index in [1.807, 2.05) is 25.1 Å². The van der Waals surface area contributed by atoms with Crippen molar-refractivity contribution in [3.63, 3.8) is 0 Å².